The summed E-state index contributed by atoms with van der Waals surface area (Å²) in [5.74, 6) is -1.50. The molecular weight excluding hydrogens is 300 g/mol. The Kier molecular flexibility index (Phi) is 3.99. The molecule has 0 amide bonds. The highest BCUT2D eigenvalue weighted by atomic mass is 19.3. The molecule has 2 heterocycles. The van der Waals surface area contributed by atoms with Crippen molar-refractivity contribution in [1.29, 1.82) is 5.26 Å². The number of nitriles is 1. The predicted molar refractivity (Wildman–Crippen MR) is 81.6 cm³/mol. The predicted octanol–water partition coefficient (Wildman–Crippen LogP) is 3.44. The molecule has 0 bridgehead atoms. The van der Waals surface area contributed by atoms with Gasteiger partial charge >= 0.3 is 0 Å². The summed E-state index contributed by atoms with van der Waals surface area (Å²) >= 11 is 0. The maximum Gasteiger partial charge on any atom is 0.248 e. The van der Waals surface area contributed by atoms with Crippen LogP contribution in [-0.4, -0.2) is 26.7 Å². The standard InChI is InChI=1S/C16H17F2N5/c1-11-4-7-20-23(11)15-9-12(10-19)8-14(22-15)21-13-2-5-16(17,18)6-3-13/h4,7-9,13H,2-3,5-6H2,1H3,(H,21,22). The minimum Gasteiger partial charge on any atom is -0.367 e. The molecule has 5 nitrogen and oxygen atoms in total. The van der Waals surface area contributed by atoms with Gasteiger partial charge in [-0.05, 0) is 31.9 Å². The zero-order valence-corrected chi connectivity index (χ0v) is 12.8. The number of hydrogen-bond acceptors (Lipinski definition) is 4. The van der Waals surface area contributed by atoms with E-state index in [-0.39, 0.29) is 18.9 Å². The van der Waals surface area contributed by atoms with Crippen LogP contribution in [0, 0.1) is 18.3 Å². The average Bonchev–Trinajstić information content (AvgIpc) is 2.95. The third kappa shape index (κ3) is 3.47. The quantitative estimate of drug-likeness (QED) is 0.941. The lowest BCUT2D eigenvalue weighted by atomic mass is 9.92. The molecule has 0 saturated heterocycles. The number of nitrogens with one attached hydrogen (secondary N) is 1. The van der Waals surface area contributed by atoms with Crippen molar-refractivity contribution in [3.63, 3.8) is 0 Å². The van der Waals surface area contributed by atoms with Crippen molar-refractivity contribution < 1.29 is 8.78 Å². The molecule has 1 aliphatic rings. The van der Waals surface area contributed by atoms with E-state index in [9.17, 15) is 14.0 Å². The Hall–Kier alpha value is -2.49. The second-order valence-corrected chi connectivity index (χ2v) is 5.87. The third-order valence-corrected chi connectivity index (χ3v) is 4.06. The molecule has 0 radical (unpaired) electrons. The smallest absolute Gasteiger partial charge is 0.248 e. The van der Waals surface area contributed by atoms with Gasteiger partial charge < -0.3 is 5.32 Å². The lowest BCUT2D eigenvalue weighted by Gasteiger charge is -2.29. The van der Waals surface area contributed by atoms with Crippen LogP contribution in [0.15, 0.2) is 24.4 Å². The van der Waals surface area contributed by atoms with Crippen LogP contribution in [0.25, 0.3) is 5.82 Å². The van der Waals surface area contributed by atoms with E-state index in [1.54, 1.807) is 23.0 Å². The highest BCUT2D eigenvalue weighted by molar-refractivity contribution is 5.49. The van der Waals surface area contributed by atoms with Crippen LogP contribution in [0.3, 0.4) is 0 Å². The van der Waals surface area contributed by atoms with E-state index < -0.39 is 5.92 Å². The largest absolute Gasteiger partial charge is 0.367 e. The summed E-state index contributed by atoms with van der Waals surface area (Å²) in [7, 11) is 0. The van der Waals surface area contributed by atoms with Gasteiger partial charge in [0, 0.05) is 36.8 Å². The van der Waals surface area contributed by atoms with Gasteiger partial charge in [0.1, 0.15) is 5.82 Å². The van der Waals surface area contributed by atoms with Gasteiger partial charge in [-0.2, -0.15) is 10.4 Å². The molecule has 1 saturated carbocycles. The molecule has 23 heavy (non-hydrogen) atoms. The Balaban J connectivity index is 1.83. The van der Waals surface area contributed by atoms with Crippen molar-refractivity contribution >= 4 is 5.82 Å². The Labute approximate surface area is 133 Å². The zero-order chi connectivity index (χ0) is 16.4. The Morgan fingerprint density at radius 1 is 1.35 bits per heavy atom. The number of alkyl halides is 2. The summed E-state index contributed by atoms with van der Waals surface area (Å²) in [4.78, 5) is 4.47. The summed E-state index contributed by atoms with van der Waals surface area (Å²) in [6, 6.07) is 7.18. The minimum atomic E-state index is -2.56. The molecule has 2 aromatic rings. The van der Waals surface area contributed by atoms with Crippen LogP contribution < -0.4 is 5.32 Å². The van der Waals surface area contributed by atoms with Crippen molar-refractivity contribution in [1.82, 2.24) is 14.8 Å². The zero-order valence-electron chi connectivity index (χ0n) is 12.8. The van der Waals surface area contributed by atoms with Crippen LogP contribution in [0.5, 0.6) is 0 Å². The molecule has 0 aliphatic heterocycles. The number of aromatic nitrogens is 3. The van der Waals surface area contributed by atoms with Crippen molar-refractivity contribution in [2.45, 2.75) is 44.6 Å². The lowest BCUT2D eigenvalue weighted by molar-refractivity contribution is -0.0361. The second kappa shape index (κ2) is 5.95. The summed E-state index contributed by atoms with van der Waals surface area (Å²) in [6.07, 6.45) is 2.21. The Bertz CT molecular complexity index is 737. The first kappa shape index (κ1) is 15.4. The molecule has 120 valence electrons. The van der Waals surface area contributed by atoms with E-state index in [1.807, 2.05) is 13.0 Å². The molecule has 0 spiro atoms. The molecule has 1 aliphatic carbocycles. The highest BCUT2D eigenvalue weighted by Crippen LogP contribution is 2.34. The molecule has 3 rings (SSSR count). The average molecular weight is 317 g/mol. The van der Waals surface area contributed by atoms with Gasteiger partial charge in [-0.15, -0.1) is 0 Å². The highest BCUT2D eigenvalue weighted by Gasteiger charge is 2.34. The molecule has 1 fully saturated rings. The number of halogens is 2. The summed E-state index contributed by atoms with van der Waals surface area (Å²) in [5, 5.41) is 16.6. The Morgan fingerprint density at radius 2 is 2.09 bits per heavy atom. The van der Waals surface area contributed by atoms with E-state index in [2.05, 4.69) is 21.5 Å². The van der Waals surface area contributed by atoms with Gasteiger partial charge in [0.25, 0.3) is 0 Å². The fourth-order valence-corrected chi connectivity index (χ4v) is 2.77. The molecule has 0 aromatic carbocycles. The first-order valence-electron chi connectivity index (χ1n) is 7.54. The van der Waals surface area contributed by atoms with E-state index in [4.69, 9.17) is 0 Å². The molecule has 1 N–H and O–H groups in total. The van der Waals surface area contributed by atoms with Crippen LogP contribution in [0.4, 0.5) is 14.6 Å². The minimum absolute atomic E-state index is 0.0531. The number of rotatable bonds is 3. The van der Waals surface area contributed by atoms with Crippen LogP contribution in [0.1, 0.15) is 36.9 Å². The summed E-state index contributed by atoms with van der Waals surface area (Å²) in [6.45, 7) is 1.89. The number of anilines is 1. The first-order valence-corrected chi connectivity index (χ1v) is 7.54. The summed E-state index contributed by atoms with van der Waals surface area (Å²) < 4.78 is 28.1. The van der Waals surface area contributed by atoms with Crippen LogP contribution in [-0.2, 0) is 0 Å². The van der Waals surface area contributed by atoms with Crippen LogP contribution >= 0.6 is 0 Å². The number of nitrogens with zero attached hydrogens (tertiary/aromatic N) is 4. The van der Waals surface area contributed by atoms with Crippen molar-refractivity contribution in [2.75, 3.05) is 5.32 Å². The molecule has 7 heteroatoms. The van der Waals surface area contributed by atoms with E-state index in [0.29, 0.717) is 30.0 Å². The van der Waals surface area contributed by atoms with Crippen molar-refractivity contribution in [3.8, 4) is 11.9 Å². The van der Waals surface area contributed by atoms with Gasteiger partial charge in [-0.25, -0.2) is 18.4 Å². The van der Waals surface area contributed by atoms with Gasteiger partial charge in [-0.1, -0.05) is 0 Å². The SMILES string of the molecule is Cc1ccnn1-c1cc(C#N)cc(NC2CCC(F)(F)CC2)n1. The number of hydrogen-bond donors (Lipinski definition) is 1. The maximum atomic E-state index is 13.2. The molecular formula is C16H17F2N5. The van der Waals surface area contributed by atoms with Crippen molar-refractivity contribution in [3.05, 3.63) is 35.7 Å². The summed E-state index contributed by atoms with van der Waals surface area (Å²) in [5.41, 5.74) is 1.35. The molecule has 2 aromatic heterocycles. The van der Waals surface area contributed by atoms with Gasteiger partial charge in [0.2, 0.25) is 5.92 Å². The normalized spacial score (nSPS) is 17.7. The molecule has 0 unspecified atom stereocenters. The Morgan fingerprint density at radius 3 is 2.70 bits per heavy atom. The third-order valence-electron chi connectivity index (χ3n) is 4.06. The molecule has 0 atom stereocenters. The van der Waals surface area contributed by atoms with E-state index in [1.165, 1.54) is 0 Å². The number of aryl methyl sites for hydroxylation is 1. The monoisotopic (exact) mass is 317 g/mol. The topological polar surface area (TPSA) is 66.5 Å². The van der Waals surface area contributed by atoms with Crippen LogP contribution in [0.2, 0.25) is 0 Å². The van der Waals surface area contributed by atoms with Gasteiger partial charge in [0.15, 0.2) is 5.82 Å². The lowest BCUT2D eigenvalue weighted by Crippen LogP contribution is -2.32. The fraction of sp³-hybridized carbons (Fsp3) is 0.438. The fourth-order valence-electron chi connectivity index (χ4n) is 2.77. The first-order chi connectivity index (χ1) is 11.0. The van der Waals surface area contributed by atoms with Gasteiger partial charge in [-0.3, -0.25) is 0 Å². The van der Waals surface area contributed by atoms with E-state index >= 15 is 0 Å². The van der Waals surface area contributed by atoms with E-state index in [0.717, 1.165) is 5.69 Å². The number of pyridine rings is 1. The van der Waals surface area contributed by atoms with Gasteiger partial charge in [0.05, 0.1) is 11.6 Å². The second-order valence-electron chi connectivity index (χ2n) is 5.87. The maximum absolute atomic E-state index is 13.2. The van der Waals surface area contributed by atoms with Crippen molar-refractivity contribution in [2.24, 2.45) is 0 Å².